The number of carbonyl (C=O) groups is 1. The van der Waals surface area contributed by atoms with E-state index in [2.05, 4.69) is 19.9 Å². The Morgan fingerprint density at radius 3 is 2.53 bits per heavy atom. The molecule has 0 N–H and O–H groups in total. The lowest BCUT2D eigenvalue weighted by molar-refractivity contribution is -0.132. The van der Waals surface area contributed by atoms with Crippen molar-refractivity contribution in [2.45, 2.75) is 13.1 Å². The highest BCUT2D eigenvalue weighted by Gasteiger charge is 2.22. The average molecular weight is 488 g/mol. The van der Waals surface area contributed by atoms with Crippen LogP contribution in [-0.4, -0.2) is 77.6 Å². The molecule has 1 aliphatic heterocycles. The number of rotatable bonds is 8. The second-order valence-corrected chi connectivity index (χ2v) is 8.73. The van der Waals surface area contributed by atoms with Gasteiger partial charge in [-0.15, -0.1) is 0 Å². The summed E-state index contributed by atoms with van der Waals surface area (Å²) in [6.45, 7) is 4.32. The van der Waals surface area contributed by atoms with Crippen LogP contribution in [0.25, 0.3) is 11.4 Å². The maximum atomic E-state index is 13.9. The topological polar surface area (TPSA) is 74.9 Å². The van der Waals surface area contributed by atoms with Gasteiger partial charge in [-0.1, -0.05) is 22.8 Å². The molecule has 1 aromatic heterocycles. The molecule has 1 saturated heterocycles. The van der Waals surface area contributed by atoms with Crippen molar-refractivity contribution in [2.75, 3.05) is 46.9 Å². The number of aromatic nitrogens is 2. The number of ether oxygens (including phenoxy) is 1. The first-order valence-corrected chi connectivity index (χ1v) is 11.4. The Morgan fingerprint density at radius 1 is 1.15 bits per heavy atom. The van der Waals surface area contributed by atoms with Gasteiger partial charge < -0.3 is 14.2 Å². The number of carbonyl (C=O) groups excluding carboxylic acids is 1. The van der Waals surface area contributed by atoms with Crippen LogP contribution in [0.2, 0.25) is 5.02 Å². The smallest absolute Gasteiger partial charge is 0.241 e. The lowest BCUT2D eigenvalue weighted by Gasteiger charge is -2.34. The zero-order valence-electron chi connectivity index (χ0n) is 19.2. The molecule has 1 fully saturated rings. The Labute approximate surface area is 202 Å². The minimum absolute atomic E-state index is 0.00539. The molecular formula is C24H27ClFN5O3. The zero-order valence-corrected chi connectivity index (χ0v) is 20.0. The van der Waals surface area contributed by atoms with Gasteiger partial charge in [0, 0.05) is 50.4 Å². The van der Waals surface area contributed by atoms with Gasteiger partial charge in [0.15, 0.2) is 11.6 Å². The van der Waals surface area contributed by atoms with Crippen LogP contribution < -0.4 is 4.74 Å². The second kappa shape index (κ2) is 10.9. The predicted molar refractivity (Wildman–Crippen MR) is 126 cm³/mol. The highest BCUT2D eigenvalue weighted by Crippen LogP contribution is 2.20. The minimum atomic E-state index is -0.432. The van der Waals surface area contributed by atoms with E-state index in [-0.39, 0.29) is 11.7 Å². The van der Waals surface area contributed by atoms with E-state index >= 15 is 0 Å². The van der Waals surface area contributed by atoms with E-state index in [1.54, 1.807) is 36.2 Å². The second-order valence-electron chi connectivity index (χ2n) is 8.29. The molecule has 8 nitrogen and oxygen atoms in total. The molecule has 3 aromatic rings. The predicted octanol–water partition coefficient (Wildman–Crippen LogP) is 3.31. The fourth-order valence-electron chi connectivity index (χ4n) is 3.81. The van der Waals surface area contributed by atoms with Gasteiger partial charge in [0.1, 0.15) is 0 Å². The fraction of sp³-hybridized carbons (Fsp3) is 0.375. The van der Waals surface area contributed by atoms with Gasteiger partial charge in [-0.05, 0) is 42.0 Å². The van der Waals surface area contributed by atoms with Crippen molar-refractivity contribution in [3.8, 4) is 17.1 Å². The molecule has 2 heterocycles. The molecule has 2 aromatic carbocycles. The van der Waals surface area contributed by atoms with Gasteiger partial charge in [-0.25, -0.2) is 4.39 Å². The van der Waals surface area contributed by atoms with Gasteiger partial charge in [0.05, 0.1) is 20.2 Å². The summed E-state index contributed by atoms with van der Waals surface area (Å²) in [4.78, 5) is 23.1. The van der Waals surface area contributed by atoms with Gasteiger partial charge >= 0.3 is 0 Å². The summed E-state index contributed by atoms with van der Waals surface area (Å²) in [6, 6.07) is 12.0. The van der Waals surface area contributed by atoms with Crippen LogP contribution in [0, 0.1) is 5.82 Å². The highest BCUT2D eigenvalue weighted by atomic mass is 35.5. The molecule has 34 heavy (non-hydrogen) atoms. The molecule has 0 spiro atoms. The van der Waals surface area contributed by atoms with Crippen molar-refractivity contribution >= 4 is 17.5 Å². The van der Waals surface area contributed by atoms with Crippen molar-refractivity contribution in [1.82, 2.24) is 24.8 Å². The first-order chi connectivity index (χ1) is 16.4. The first kappa shape index (κ1) is 24.1. The molecule has 1 amide bonds. The van der Waals surface area contributed by atoms with Crippen molar-refractivity contribution < 1.29 is 18.4 Å². The summed E-state index contributed by atoms with van der Waals surface area (Å²) in [5.74, 6) is 0.849. The van der Waals surface area contributed by atoms with Crippen molar-refractivity contribution in [1.29, 1.82) is 0 Å². The summed E-state index contributed by atoms with van der Waals surface area (Å²) < 4.78 is 24.3. The maximum Gasteiger partial charge on any atom is 0.241 e. The van der Waals surface area contributed by atoms with E-state index in [1.807, 2.05) is 12.1 Å². The Kier molecular flexibility index (Phi) is 7.77. The summed E-state index contributed by atoms with van der Waals surface area (Å²) in [6.07, 6.45) is 0. The molecular weight excluding hydrogens is 461 g/mol. The molecule has 0 unspecified atom stereocenters. The SMILES string of the molecule is COc1ccc(CN(C)C(=O)CN2CCN(Cc3nc(-c4ccc(Cl)cc4)no3)CC2)cc1F. The van der Waals surface area contributed by atoms with Crippen molar-refractivity contribution in [2.24, 2.45) is 0 Å². The number of hydrogen-bond acceptors (Lipinski definition) is 7. The Morgan fingerprint density at radius 2 is 1.85 bits per heavy atom. The van der Waals surface area contributed by atoms with E-state index < -0.39 is 5.82 Å². The van der Waals surface area contributed by atoms with E-state index in [0.29, 0.717) is 36.4 Å². The van der Waals surface area contributed by atoms with Gasteiger partial charge in [0.2, 0.25) is 17.6 Å². The fourth-order valence-corrected chi connectivity index (χ4v) is 3.94. The highest BCUT2D eigenvalue weighted by molar-refractivity contribution is 6.30. The van der Waals surface area contributed by atoms with Gasteiger partial charge in [-0.2, -0.15) is 4.98 Å². The normalized spacial score (nSPS) is 14.8. The molecule has 0 radical (unpaired) electrons. The van der Waals surface area contributed by atoms with Crippen molar-refractivity contribution in [3.63, 3.8) is 0 Å². The van der Waals surface area contributed by atoms with E-state index in [9.17, 15) is 9.18 Å². The molecule has 1 aliphatic rings. The van der Waals surface area contributed by atoms with Crippen LogP contribution in [-0.2, 0) is 17.9 Å². The number of piperazine rings is 1. The standard InChI is InChI=1S/C24H27ClFN5O3/c1-29(14-17-3-8-21(33-2)20(26)13-17)23(32)16-31-11-9-30(10-12-31)15-22-27-24(28-34-22)18-4-6-19(25)7-5-18/h3-8,13H,9-12,14-16H2,1-2H3. The van der Waals surface area contributed by atoms with Crippen LogP contribution in [0.4, 0.5) is 4.39 Å². The number of likely N-dealkylation sites (N-methyl/N-ethyl adjacent to an activating group) is 1. The third-order valence-electron chi connectivity index (χ3n) is 5.81. The number of methoxy groups -OCH3 is 1. The number of benzene rings is 2. The van der Waals surface area contributed by atoms with Crippen LogP contribution >= 0.6 is 11.6 Å². The Hall–Kier alpha value is -3.01. The first-order valence-electron chi connectivity index (χ1n) is 11.0. The molecule has 0 saturated carbocycles. The van der Waals surface area contributed by atoms with Crippen LogP contribution in [0.5, 0.6) is 5.75 Å². The molecule has 0 atom stereocenters. The quantitative estimate of drug-likeness (QED) is 0.482. The van der Waals surface area contributed by atoms with E-state index in [4.69, 9.17) is 20.9 Å². The van der Waals surface area contributed by atoms with E-state index in [0.717, 1.165) is 37.3 Å². The monoisotopic (exact) mass is 487 g/mol. The van der Waals surface area contributed by atoms with Crippen molar-refractivity contribution in [3.05, 3.63) is 64.8 Å². The minimum Gasteiger partial charge on any atom is -0.494 e. The molecule has 4 rings (SSSR count). The molecule has 0 bridgehead atoms. The van der Waals surface area contributed by atoms with Crippen LogP contribution in [0.15, 0.2) is 47.0 Å². The van der Waals surface area contributed by atoms with Gasteiger partial charge in [-0.3, -0.25) is 14.6 Å². The average Bonchev–Trinajstić information content (AvgIpc) is 3.29. The number of hydrogen-bond donors (Lipinski definition) is 0. The number of amides is 1. The lowest BCUT2D eigenvalue weighted by Crippen LogP contribution is -2.49. The third kappa shape index (κ3) is 6.11. The molecule has 10 heteroatoms. The largest absolute Gasteiger partial charge is 0.494 e. The Bertz CT molecular complexity index is 1120. The molecule has 180 valence electrons. The third-order valence-corrected chi connectivity index (χ3v) is 6.07. The van der Waals surface area contributed by atoms with Crippen LogP contribution in [0.1, 0.15) is 11.5 Å². The summed E-state index contributed by atoms with van der Waals surface area (Å²) in [7, 11) is 3.16. The summed E-state index contributed by atoms with van der Waals surface area (Å²) >= 11 is 5.93. The zero-order chi connectivity index (χ0) is 24.1. The van der Waals surface area contributed by atoms with Crippen LogP contribution in [0.3, 0.4) is 0 Å². The maximum absolute atomic E-state index is 13.9. The number of nitrogens with zero attached hydrogens (tertiary/aromatic N) is 5. The van der Waals surface area contributed by atoms with E-state index in [1.165, 1.54) is 13.2 Å². The summed E-state index contributed by atoms with van der Waals surface area (Å²) in [5, 5.41) is 4.71. The molecule has 0 aliphatic carbocycles. The number of halogens is 2. The van der Waals surface area contributed by atoms with Gasteiger partial charge in [0.25, 0.3) is 0 Å². The lowest BCUT2D eigenvalue weighted by atomic mass is 10.2. The summed E-state index contributed by atoms with van der Waals surface area (Å²) in [5.41, 5.74) is 1.57. The Balaban J connectivity index is 1.22.